The number of halogens is 3. The van der Waals surface area contributed by atoms with Crippen molar-refractivity contribution in [3.05, 3.63) is 23.8 Å². The number of alkyl halides is 3. The molecule has 0 spiro atoms. The van der Waals surface area contributed by atoms with Crippen LogP contribution in [-0.2, 0) is 10.9 Å². The molecule has 1 saturated carbocycles. The van der Waals surface area contributed by atoms with E-state index in [4.69, 9.17) is 17.0 Å². The number of hydrogen-bond acceptors (Lipinski definition) is 3. The highest BCUT2D eigenvalue weighted by Gasteiger charge is 2.31. The van der Waals surface area contributed by atoms with E-state index in [9.17, 15) is 13.2 Å². The van der Waals surface area contributed by atoms with Gasteiger partial charge in [-0.25, -0.2) is 0 Å². The van der Waals surface area contributed by atoms with Gasteiger partial charge in [0.1, 0.15) is 0 Å². The highest BCUT2D eigenvalue weighted by molar-refractivity contribution is 7.80. The second kappa shape index (κ2) is 9.24. The van der Waals surface area contributed by atoms with Crippen LogP contribution in [0, 0.1) is 0 Å². The van der Waals surface area contributed by atoms with Gasteiger partial charge in [0.05, 0.1) is 23.5 Å². The molecule has 1 aliphatic rings. The minimum absolute atomic E-state index is 0.267. The summed E-state index contributed by atoms with van der Waals surface area (Å²) in [5.74, 6) is 0. The fourth-order valence-corrected chi connectivity index (χ4v) is 3.06. The average molecular weight is 375 g/mol. The number of rotatable bonds is 6. The van der Waals surface area contributed by atoms with Crippen LogP contribution in [0.5, 0.6) is 0 Å². The Morgan fingerprint density at radius 1 is 1.20 bits per heavy atom. The molecule has 3 N–H and O–H groups in total. The third-order valence-corrected chi connectivity index (χ3v) is 4.40. The Hall–Kier alpha value is -1.54. The van der Waals surface area contributed by atoms with Crippen molar-refractivity contribution >= 4 is 28.7 Å². The van der Waals surface area contributed by atoms with Crippen LogP contribution in [0.2, 0.25) is 0 Å². The molecule has 25 heavy (non-hydrogen) atoms. The Morgan fingerprint density at radius 3 is 2.56 bits per heavy atom. The SMILES string of the molecule is COCCNC(=S)Nc1cc(C(F)(F)F)ccc1NC1CCCCC1. The Bertz CT molecular complexity index is 575. The number of hydrogen-bond donors (Lipinski definition) is 3. The summed E-state index contributed by atoms with van der Waals surface area (Å²) in [6.45, 7) is 0.935. The third kappa shape index (κ3) is 6.36. The van der Waals surface area contributed by atoms with Crippen LogP contribution in [0.1, 0.15) is 37.7 Å². The zero-order valence-corrected chi connectivity index (χ0v) is 15.0. The molecule has 0 heterocycles. The molecule has 4 nitrogen and oxygen atoms in total. The van der Waals surface area contributed by atoms with Crippen molar-refractivity contribution in [1.29, 1.82) is 0 Å². The molecule has 0 radical (unpaired) electrons. The summed E-state index contributed by atoms with van der Waals surface area (Å²) in [5, 5.41) is 9.41. The van der Waals surface area contributed by atoms with E-state index in [-0.39, 0.29) is 11.2 Å². The molecule has 1 aliphatic carbocycles. The Morgan fingerprint density at radius 2 is 1.92 bits per heavy atom. The van der Waals surface area contributed by atoms with Gasteiger partial charge in [0.25, 0.3) is 0 Å². The maximum absolute atomic E-state index is 13.0. The van der Waals surface area contributed by atoms with Crippen molar-refractivity contribution in [3.63, 3.8) is 0 Å². The number of nitrogens with one attached hydrogen (secondary N) is 3. The predicted octanol–water partition coefficient (Wildman–Crippen LogP) is 4.38. The van der Waals surface area contributed by atoms with Crippen LogP contribution in [-0.4, -0.2) is 31.4 Å². The fraction of sp³-hybridized carbons (Fsp3) is 0.588. The predicted molar refractivity (Wildman–Crippen MR) is 98.0 cm³/mol. The van der Waals surface area contributed by atoms with E-state index in [0.29, 0.717) is 24.5 Å². The highest BCUT2D eigenvalue weighted by atomic mass is 32.1. The number of thiocarbonyl (C=S) groups is 1. The topological polar surface area (TPSA) is 45.3 Å². The Kier molecular flexibility index (Phi) is 7.31. The van der Waals surface area contributed by atoms with Gasteiger partial charge in [-0.2, -0.15) is 13.2 Å². The monoisotopic (exact) mass is 375 g/mol. The summed E-state index contributed by atoms with van der Waals surface area (Å²) in [4.78, 5) is 0. The van der Waals surface area contributed by atoms with E-state index in [1.807, 2.05) is 0 Å². The quantitative estimate of drug-likeness (QED) is 0.509. The molecule has 1 aromatic rings. The standard InChI is InChI=1S/C17H24F3N3OS/c1-24-10-9-21-16(25)23-15-11-12(17(18,19)20)7-8-14(15)22-13-5-3-2-4-6-13/h7-8,11,13,22H,2-6,9-10H2,1H3,(H2,21,23,25). The van der Waals surface area contributed by atoms with Crippen LogP contribution in [0.3, 0.4) is 0 Å². The molecule has 0 atom stereocenters. The summed E-state index contributed by atoms with van der Waals surface area (Å²) >= 11 is 5.16. The number of methoxy groups -OCH3 is 1. The van der Waals surface area contributed by atoms with Crippen LogP contribution >= 0.6 is 12.2 Å². The molecule has 0 unspecified atom stereocenters. The maximum Gasteiger partial charge on any atom is 0.416 e. The molecule has 0 bridgehead atoms. The molecule has 0 saturated heterocycles. The Labute approximate surface area is 151 Å². The molecule has 2 rings (SSSR count). The molecule has 0 amide bonds. The first-order valence-corrected chi connectivity index (χ1v) is 8.82. The summed E-state index contributed by atoms with van der Waals surface area (Å²) in [7, 11) is 1.57. The van der Waals surface area contributed by atoms with Gasteiger partial charge in [-0.3, -0.25) is 0 Å². The summed E-state index contributed by atoms with van der Waals surface area (Å²) < 4.78 is 44.0. The maximum atomic E-state index is 13.0. The second-order valence-electron chi connectivity index (χ2n) is 6.11. The third-order valence-electron chi connectivity index (χ3n) is 4.15. The van der Waals surface area contributed by atoms with Crippen molar-refractivity contribution in [1.82, 2.24) is 5.32 Å². The molecule has 8 heteroatoms. The Balaban J connectivity index is 2.14. The zero-order chi connectivity index (χ0) is 18.3. The normalized spacial score (nSPS) is 15.7. The van der Waals surface area contributed by atoms with Crippen molar-refractivity contribution in [2.24, 2.45) is 0 Å². The zero-order valence-electron chi connectivity index (χ0n) is 14.2. The number of anilines is 2. The summed E-state index contributed by atoms with van der Waals surface area (Å²) in [5.41, 5.74) is 0.259. The van der Waals surface area contributed by atoms with Gasteiger partial charge in [-0.1, -0.05) is 19.3 Å². The highest BCUT2D eigenvalue weighted by Crippen LogP contribution is 2.35. The number of ether oxygens (including phenoxy) is 1. The van der Waals surface area contributed by atoms with Gasteiger partial charge < -0.3 is 20.7 Å². The molecule has 1 fully saturated rings. The van der Waals surface area contributed by atoms with Crippen molar-refractivity contribution in [3.8, 4) is 0 Å². The summed E-state index contributed by atoms with van der Waals surface area (Å²) in [6.07, 6.45) is 1.14. The lowest BCUT2D eigenvalue weighted by molar-refractivity contribution is -0.137. The smallest absolute Gasteiger partial charge is 0.383 e. The van der Waals surface area contributed by atoms with Crippen LogP contribution in [0.4, 0.5) is 24.5 Å². The largest absolute Gasteiger partial charge is 0.416 e. The van der Waals surface area contributed by atoms with Gasteiger partial charge in [-0.15, -0.1) is 0 Å². The lowest BCUT2D eigenvalue weighted by atomic mass is 9.95. The molecular formula is C17H24F3N3OS. The first kappa shape index (κ1) is 19.8. The lowest BCUT2D eigenvalue weighted by Crippen LogP contribution is -2.32. The minimum Gasteiger partial charge on any atom is -0.383 e. The van der Waals surface area contributed by atoms with Crippen molar-refractivity contribution in [2.45, 2.75) is 44.3 Å². The molecule has 1 aromatic carbocycles. The first-order chi connectivity index (χ1) is 11.9. The van der Waals surface area contributed by atoms with Gasteiger partial charge in [-0.05, 0) is 43.3 Å². The van der Waals surface area contributed by atoms with E-state index in [0.717, 1.165) is 37.8 Å². The minimum atomic E-state index is -4.40. The van der Waals surface area contributed by atoms with Crippen LogP contribution < -0.4 is 16.0 Å². The van der Waals surface area contributed by atoms with E-state index in [1.165, 1.54) is 12.5 Å². The van der Waals surface area contributed by atoms with E-state index in [2.05, 4.69) is 16.0 Å². The van der Waals surface area contributed by atoms with E-state index < -0.39 is 11.7 Å². The molecular weight excluding hydrogens is 351 g/mol. The lowest BCUT2D eigenvalue weighted by Gasteiger charge is -2.26. The van der Waals surface area contributed by atoms with Crippen LogP contribution in [0.15, 0.2) is 18.2 Å². The first-order valence-electron chi connectivity index (χ1n) is 8.41. The van der Waals surface area contributed by atoms with Gasteiger partial charge in [0, 0.05) is 19.7 Å². The molecule has 0 aromatic heterocycles. The number of benzene rings is 1. The fourth-order valence-electron chi connectivity index (χ4n) is 2.85. The summed E-state index contributed by atoms with van der Waals surface area (Å²) in [6, 6.07) is 3.94. The van der Waals surface area contributed by atoms with Crippen molar-refractivity contribution < 1.29 is 17.9 Å². The van der Waals surface area contributed by atoms with E-state index in [1.54, 1.807) is 7.11 Å². The van der Waals surface area contributed by atoms with Gasteiger partial charge in [0.2, 0.25) is 0 Å². The second-order valence-corrected chi connectivity index (χ2v) is 6.52. The average Bonchev–Trinajstić information content (AvgIpc) is 2.56. The van der Waals surface area contributed by atoms with Crippen LogP contribution in [0.25, 0.3) is 0 Å². The molecule has 140 valence electrons. The van der Waals surface area contributed by atoms with Gasteiger partial charge in [0.15, 0.2) is 5.11 Å². The molecule has 0 aliphatic heterocycles. The van der Waals surface area contributed by atoms with Gasteiger partial charge >= 0.3 is 6.18 Å². The van der Waals surface area contributed by atoms with Crippen molar-refractivity contribution in [2.75, 3.05) is 30.9 Å². The van der Waals surface area contributed by atoms with E-state index >= 15 is 0 Å².